The fourth-order valence-electron chi connectivity index (χ4n) is 4.78. The molecule has 0 spiro atoms. The van der Waals surface area contributed by atoms with Gasteiger partial charge in [-0.2, -0.15) is 23.3 Å². The molecule has 5 rings (SSSR count). The van der Waals surface area contributed by atoms with Crippen molar-refractivity contribution < 1.29 is 22.8 Å². The van der Waals surface area contributed by atoms with Crippen LogP contribution in [0.15, 0.2) is 52.5 Å². The molecule has 0 unspecified atom stereocenters. The molecule has 1 aromatic heterocycles. The topological polar surface area (TPSA) is 96.8 Å². The van der Waals surface area contributed by atoms with Crippen molar-refractivity contribution in [1.29, 1.82) is 0 Å². The smallest absolute Gasteiger partial charge is 0.369 e. The van der Waals surface area contributed by atoms with Crippen molar-refractivity contribution in [3.8, 4) is 0 Å². The maximum Gasteiger partial charge on any atom is 0.416 e. The Balaban J connectivity index is 1.30. The second-order valence-electron chi connectivity index (χ2n) is 9.48. The zero-order valence-corrected chi connectivity index (χ0v) is 22.4. The molecule has 2 amide bonds. The van der Waals surface area contributed by atoms with E-state index < -0.39 is 11.7 Å². The van der Waals surface area contributed by atoms with Crippen molar-refractivity contribution in [2.75, 3.05) is 26.7 Å². The lowest BCUT2D eigenvalue weighted by molar-refractivity contribution is -0.138. The number of hydrogen-bond acceptors (Lipinski definition) is 6. The number of likely N-dealkylation sites (tertiary alicyclic amines) is 1. The predicted molar refractivity (Wildman–Crippen MR) is 145 cm³/mol. The lowest BCUT2D eigenvalue weighted by atomic mass is 10.1. The summed E-state index contributed by atoms with van der Waals surface area (Å²) in [6, 6.07) is 9.19. The van der Waals surface area contributed by atoms with E-state index in [-0.39, 0.29) is 41.5 Å². The number of amidine groups is 1. The number of primary amides is 1. The Hall–Kier alpha value is -3.35. The van der Waals surface area contributed by atoms with Gasteiger partial charge in [0.2, 0.25) is 5.91 Å². The second-order valence-corrected chi connectivity index (χ2v) is 10.9. The number of alkyl halides is 3. The van der Waals surface area contributed by atoms with Gasteiger partial charge >= 0.3 is 6.18 Å². The molecule has 0 saturated carbocycles. The van der Waals surface area contributed by atoms with Gasteiger partial charge in [-0.15, -0.1) is 0 Å². The monoisotopic (exact) mass is 576 g/mol. The summed E-state index contributed by atoms with van der Waals surface area (Å²) in [5, 5.41) is 5.62. The maximum absolute atomic E-state index is 13.5. The van der Waals surface area contributed by atoms with Crippen LogP contribution in [0.25, 0.3) is 17.0 Å². The minimum atomic E-state index is -4.54. The summed E-state index contributed by atoms with van der Waals surface area (Å²) in [7, 11) is 1.88. The Morgan fingerprint density at radius 3 is 2.82 bits per heavy atom. The molecule has 1 saturated heterocycles. The Morgan fingerprint density at radius 1 is 1.28 bits per heavy atom. The molecule has 3 heterocycles. The summed E-state index contributed by atoms with van der Waals surface area (Å²) < 4.78 is 42.1. The van der Waals surface area contributed by atoms with Gasteiger partial charge in [-0.3, -0.25) is 19.2 Å². The molecule has 2 aromatic carbocycles. The van der Waals surface area contributed by atoms with E-state index in [4.69, 9.17) is 17.3 Å². The molecule has 8 nitrogen and oxygen atoms in total. The molecule has 204 valence electrons. The standard InChI is InChI=1S/C26H24ClF3N6O2S/c1-34(19-6-7-35(13-19)14-23(31)37)25-33-24(38)22(39-25)9-15-2-5-21-17(8-15)11-32-36(21)12-16-3-4-18(27)10-20(16)26(28,29)30/h2-5,8-11,19H,6-7,12-14H2,1H3,(H2,31,37)/t19-/m1/s1. The number of fused-ring (bicyclic) bond motifs is 1. The summed E-state index contributed by atoms with van der Waals surface area (Å²) in [4.78, 5) is 32.5. The summed E-state index contributed by atoms with van der Waals surface area (Å²) in [6.07, 6.45) is -0.387. The van der Waals surface area contributed by atoms with Gasteiger partial charge in [-0.25, -0.2) is 0 Å². The Morgan fingerprint density at radius 2 is 2.08 bits per heavy atom. The van der Waals surface area contributed by atoms with E-state index >= 15 is 0 Å². The molecule has 0 bridgehead atoms. The number of rotatable bonds is 6. The van der Waals surface area contributed by atoms with Crippen LogP contribution in [0.3, 0.4) is 0 Å². The highest BCUT2D eigenvalue weighted by atomic mass is 35.5. The van der Waals surface area contributed by atoms with Crippen LogP contribution in [0.4, 0.5) is 13.2 Å². The van der Waals surface area contributed by atoms with Crippen LogP contribution in [0.2, 0.25) is 5.02 Å². The molecule has 1 fully saturated rings. The van der Waals surface area contributed by atoms with E-state index in [1.165, 1.54) is 28.6 Å². The van der Waals surface area contributed by atoms with Gasteiger partial charge in [0.05, 0.1) is 35.3 Å². The molecule has 2 N–H and O–H groups in total. The number of carbonyl (C=O) groups is 2. The number of nitrogens with two attached hydrogens (primary N) is 1. The van der Waals surface area contributed by atoms with Crippen molar-refractivity contribution in [2.24, 2.45) is 10.7 Å². The van der Waals surface area contributed by atoms with Gasteiger partial charge in [0.25, 0.3) is 5.91 Å². The minimum Gasteiger partial charge on any atom is -0.369 e. The number of benzene rings is 2. The van der Waals surface area contributed by atoms with E-state index in [2.05, 4.69) is 10.1 Å². The zero-order chi connectivity index (χ0) is 27.9. The molecule has 2 aliphatic rings. The summed E-state index contributed by atoms with van der Waals surface area (Å²) in [5.41, 5.74) is 5.96. The molecule has 2 aliphatic heterocycles. The average Bonchev–Trinajstić information content (AvgIpc) is 3.58. The SMILES string of the molecule is CN(C1=NC(=O)C(=Cc2ccc3c(cnn3Cc3ccc(Cl)cc3C(F)(F)F)c2)S1)[C@@H]1CCN(CC(N)=O)C1. The third-order valence-corrected chi connectivity index (χ3v) is 8.06. The molecule has 3 aromatic rings. The Bertz CT molecular complexity index is 1520. The number of aliphatic imine (C=N–C) groups is 1. The molecular formula is C26H24ClF3N6O2S. The van der Waals surface area contributed by atoms with E-state index in [9.17, 15) is 22.8 Å². The Kier molecular flexibility index (Phi) is 7.45. The largest absolute Gasteiger partial charge is 0.416 e. The van der Waals surface area contributed by atoms with Gasteiger partial charge in [-0.1, -0.05) is 23.7 Å². The zero-order valence-electron chi connectivity index (χ0n) is 20.8. The van der Waals surface area contributed by atoms with E-state index in [0.717, 1.165) is 30.0 Å². The number of thioether (sulfide) groups is 1. The number of amides is 2. The van der Waals surface area contributed by atoms with Crippen molar-refractivity contribution in [3.05, 3.63) is 69.2 Å². The van der Waals surface area contributed by atoms with Gasteiger partial charge in [0.15, 0.2) is 5.17 Å². The normalized spacial score (nSPS) is 19.3. The van der Waals surface area contributed by atoms with Crippen LogP contribution in [-0.2, 0) is 22.3 Å². The number of halogens is 4. The van der Waals surface area contributed by atoms with Gasteiger partial charge in [0, 0.05) is 36.6 Å². The average molecular weight is 577 g/mol. The van der Waals surface area contributed by atoms with Crippen molar-refractivity contribution in [1.82, 2.24) is 19.6 Å². The van der Waals surface area contributed by atoms with Crippen molar-refractivity contribution in [2.45, 2.75) is 25.2 Å². The molecule has 1 atom stereocenters. The van der Waals surface area contributed by atoms with Crippen LogP contribution < -0.4 is 5.73 Å². The lowest BCUT2D eigenvalue weighted by Crippen LogP contribution is -2.39. The fourth-order valence-corrected chi connectivity index (χ4v) is 5.90. The lowest BCUT2D eigenvalue weighted by Gasteiger charge is -2.25. The highest BCUT2D eigenvalue weighted by molar-refractivity contribution is 8.18. The van der Waals surface area contributed by atoms with Crippen LogP contribution in [0, 0.1) is 0 Å². The number of aromatic nitrogens is 2. The summed E-state index contributed by atoms with van der Waals surface area (Å²) in [6.45, 7) is 1.53. The first kappa shape index (κ1) is 27.2. The van der Waals surface area contributed by atoms with Crippen molar-refractivity contribution in [3.63, 3.8) is 0 Å². The highest BCUT2D eigenvalue weighted by Crippen LogP contribution is 2.35. The number of likely N-dealkylation sites (N-methyl/N-ethyl adjacent to an activating group) is 1. The second kappa shape index (κ2) is 10.7. The molecular weight excluding hydrogens is 553 g/mol. The summed E-state index contributed by atoms with van der Waals surface area (Å²) >= 11 is 7.08. The van der Waals surface area contributed by atoms with Crippen molar-refractivity contribution >= 4 is 57.3 Å². The van der Waals surface area contributed by atoms with Crippen LogP contribution in [0.5, 0.6) is 0 Å². The Labute approximate surface area is 231 Å². The van der Waals surface area contributed by atoms with E-state index in [1.54, 1.807) is 24.4 Å². The quantitative estimate of drug-likeness (QED) is 0.442. The maximum atomic E-state index is 13.5. The van der Waals surface area contributed by atoms with E-state index in [1.807, 2.05) is 22.9 Å². The first-order chi connectivity index (χ1) is 18.5. The molecule has 0 radical (unpaired) electrons. The molecule has 39 heavy (non-hydrogen) atoms. The van der Waals surface area contributed by atoms with E-state index in [0.29, 0.717) is 22.1 Å². The third kappa shape index (κ3) is 5.97. The highest BCUT2D eigenvalue weighted by Gasteiger charge is 2.34. The van der Waals surface area contributed by atoms with Crippen LogP contribution in [-0.4, -0.2) is 69.3 Å². The fraction of sp³-hybridized carbons (Fsp3) is 0.308. The molecule has 13 heteroatoms. The first-order valence-electron chi connectivity index (χ1n) is 12.0. The van der Waals surface area contributed by atoms with Gasteiger partial charge in [-0.05, 0) is 59.7 Å². The number of hydrogen-bond donors (Lipinski definition) is 1. The molecule has 0 aliphatic carbocycles. The predicted octanol–water partition coefficient (Wildman–Crippen LogP) is 4.22. The number of nitrogens with zero attached hydrogens (tertiary/aromatic N) is 5. The third-order valence-electron chi connectivity index (χ3n) is 6.75. The van der Waals surface area contributed by atoms with Crippen LogP contribution >= 0.6 is 23.4 Å². The minimum absolute atomic E-state index is 0.0139. The summed E-state index contributed by atoms with van der Waals surface area (Å²) in [5.74, 6) is -0.711. The van der Waals surface area contributed by atoms with Gasteiger partial charge < -0.3 is 10.6 Å². The van der Waals surface area contributed by atoms with Gasteiger partial charge in [0.1, 0.15) is 0 Å². The number of carbonyl (C=O) groups excluding carboxylic acids is 2. The first-order valence-corrected chi connectivity index (χ1v) is 13.2. The van der Waals surface area contributed by atoms with Crippen LogP contribution in [0.1, 0.15) is 23.1 Å².